The van der Waals surface area contributed by atoms with Gasteiger partial charge in [-0.05, 0) is 19.1 Å². The quantitative estimate of drug-likeness (QED) is 0.854. The topological polar surface area (TPSA) is 47.0 Å². The number of hydrogen-bond acceptors (Lipinski definition) is 4. The van der Waals surface area contributed by atoms with E-state index >= 15 is 0 Å². The summed E-state index contributed by atoms with van der Waals surface area (Å²) in [6.07, 6.45) is 1.52. The zero-order valence-corrected chi connectivity index (χ0v) is 9.32. The normalized spacial score (nSPS) is 10.1. The van der Waals surface area contributed by atoms with Gasteiger partial charge in [0, 0.05) is 17.1 Å². The first-order chi connectivity index (χ1) is 7.70. The average Bonchev–Trinajstić information content (AvgIpc) is 2.28. The Bertz CT molecular complexity index is 537. The molecule has 1 aromatic carbocycles. The summed E-state index contributed by atoms with van der Waals surface area (Å²) in [7, 11) is 1.63. The van der Waals surface area contributed by atoms with E-state index in [1.165, 1.54) is 6.33 Å². The summed E-state index contributed by atoms with van der Waals surface area (Å²) >= 11 is 0. The van der Waals surface area contributed by atoms with Crippen LogP contribution in [0.5, 0.6) is 5.75 Å². The maximum Gasteiger partial charge on any atom is 0.141 e. The molecule has 82 valence electrons. The number of ether oxygens (including phenoxy) is 1. The molecule has 0 spiro atoms. The summed E-state index contributed by atoms with van der Waals surface area (Å²) in [5, 5.41) is 4.05. The minimum Gasteiger partial charge on any atom is -0.497 e. The third-order valence-corrected chi connectivity index (χ3v) is 2.18. The lowest BCUT2D eigenvalue weighted by atomic mass is 10.2. The van der Waals surface area contributed by atoms with Crippen LogP contribution in [-0.2, 0) is 0 Å². The van der Waals surface area contributed by atoms with Gasteiger partial charge in [-0.2, -0.15) is 0 Å². The molecular formula is C12H13N3O. The maximum absolute atomic E-state index is 5.14. The second-order valence-corrected chi connectivity index (χ2v) is 3.51. The highest BCUT2D eigenvalue weighted by molar-refractivity contribution is 5.90. The number of nitrogens with one attached hydrogen (secondary N) is 1. The van der Waals surface area contributed by atoms with Crippen LogP contribution in [0.2, 0.25) is 0 Å². The molecule has 0 bridgehead atoms. The van der Waals surface area contributed by atoms with Crippen LogP contribution in [0.1, 0.15) is 6.92 Å². The molecule has 2 rings (SSSR count). The molecule has 16 heavy (non-hydrogen) atoms. The van der Waals surface area contributed by atoms with Crippen molar-refractivity contribution < 1.29 is 4.74 Å². The molecule has 1 N–H and O–H groups in total. The molecule has 0 atom stereocenters. The fourth-order valence-corrected chi connectivity index (χ4v) is 1.47. The number of aromatic nitrogens is 2. The van der Waals surface area contributed by atoms with Gasteiger partial charge in [0.25, 0.3) is 0 Å². The van der Waals surface area contributed by atoms with Crippen LogP contribution in [0.25, 0.3) is 10.9 Å². The van der Waals surface area contributed by atoms with E-state index in [1.807, 2.05) is 25.1 Å². The van der Waals surface area contributed by atoms with E-state index in [-0.39, 0.29) is 0 Å². The van der Waals surface area contributed by atoms with Crippen molar-refractivity contribution in [2.75, 3.05) is 12.4 Å². The van der Waals surface area contributed by atoms with Gasteiger partial charge in [-0.25, -0.2) is 9.97 Å². The van der Waals surface area contributed by atoms with Gasteiger partial charge < -0.3 is 10.1 Å². The zero-order chi connectivity index (χ0) is 11.5. The van der Waals surface area contributed by atoms with Crippen molar-refractivity contribution in [2.45, 2.75) is 6.92 Å². The van der Waals surface area contributed by atoms with E-state index in [2.05, 4.69) is 21.9 Å². The molecule has 0 radical (unpaired) electrons. The Balaban J connectivity index is 2.55. The van der Waals surface area contributed by atoms with Crippen LogP contribution < -0.4 is 10.1 Å². The Morgan fingerprint density at radius 2 is 2.19 bits per heavy atom. The van der Waals surface area contributed by atoms with Crippen molar-refractivity contribution in [2.24, 2.45) is 0 Å². The standard InChI is InChI=1S/C12H13N3O/c1-8(2)15-12-10-5-4-9(16-3)6-11(10)13-7-14-12/h4-7H,1H2,2-3H3,(H,13,14,15). The lowest BCUT2D eigenvalue weighted by molar-refractivity contribution is 0.415. The molecular weight excluding hydrogens is 202 g/mol. The summed E-state index contributed by atoms with van der Waals surface area (Å²) in [4.78, 5) is 8.38. The van der Waals surface area contributed by atoms with Gasteiger partial charge in [-0.3, -0.25) is 0 Å². The average molecular weight is 215 g/mol. The van der Waals surface area contributed by atoms with Gasteiger partial charge >= 0.3 is 0 Å². The third-order valence-electron chi connectivity index (χ3n) is 2.18. The largest absolute Gasteiger partial charge is 0.497 e. The number of benzene rings is 1. The van der Waals surface area contributed by atoms with E-state index in [9.17, 15) is 0 Å². The predicted molar refractivity (Wildman–Crippen MR) is 64.5 cm³/mol. The van der Waals surface area contributed by atoms with Gasteiger partial charge in [0.05, 0.1) is 12.6 Å². The van der Waals surface area contributed by atoms with Gasteiger partial charge in [-0.15, -0.1) is 0 Å². The van der Waals surface area contributed by atoms with Crippen molar-refractivity contribution in [3.05, 3.63) is 36.8 Å². The Kier molecular flexibility index (Phi) is 2.72. The molecule has 0 aliphatic rings. The van der Waals surface area contributed by atoms with E-state index in [4.69, 9.17) is 4.74 Å². The fourth-order valence-electron chi connectivity index (χ4n) is 1.47. The number of methoxy groups -OCH3 is 1. The minimum absolute atomic E-state index is 0.764. The maximum atomic E-state index is 5.14. The zero-order valence-electron chi connectivity index (χ0n) is 9.32. The van der Waals surface area contributed by atoms with E-state index in [0.717, 1.165) is 28.2 Å². The highest BCUT2D eigenvalue weighted by Crippen LogP contribution is 2.23. The highest BCUT2D eigenvalue weighted by Gasteiger charge is 2.04. The fraction of sp³-hybridized carbons (Fsp3) is 0.167. The van der Waals surface area contributed by atoms with Crippen molar-refractivity contribution in [1.29, 1.82) is 0 Å². The molecule has 2 aromatic rings. The molecule has 0 aliphatic carbocycles. The molecule has 0 amide bonds. The molecule has 4 heteroatoms. The number of fused-ring (bicyclic) bond motifs is 1. The molecule has 1 aromatic heterocycles. The molecule has 0 fully saturated rings. The van der Waals surface area contributed by atoms with Gasteiger partial charge in [-0.1, -0.05) is 6.58 Å². The van der Waals surface area contributed by atoms with Crippen molar-refractivity contribution in [3.63, 3.8) is 0 Å². The van der Waals surface area contributed by atoms with Gasteiger partial charge in [0.1, 0.15) is 17.9 Å². The van der Waals surface area contributed by atoms with E-state index < -0.39 is 0 Å². The summed E-state index contributed by atoms with van der Waals surface area (Å²) in [6, 6.07) is 5.69. The lowest BCUT2D eigenvalue weighted by Gasteiger charge is -2.08. The van der Waals surface area contributed by atoms with Crippen LogP contribution in [0.3, 0.4) is 0 Å². The number of rotatable bonds is 3. The summed E-state index contributed by atoms with van der Waals surface area (Å²) < 4.78 is 5.14. The summed E-state index contributed by atoms with van der Waals surface area (Å²) in [5.41, 5.74) is 1.69. The van der Waals surface area contributed by atoms with Crippen LogP contribution in [0.15, 0.2) is 36.8 Å². The van der Waals surface area contributed by atoms with Crippen LogP contribution in [0.4, 0.5) is 5.82 Å². The van der Waals surface area contributed by atoms with Crippen LogP contribution in [-0.4, -0.2) is 17.1 Å². The van der Waals surface area contributed by atoms with Crippen LogP contribution in [0, 0.1) is 0 Å². The van der Waals surface area contributed by atoms with Crippen molar-refractivity contribution in [3.8, 4) is 5.75 Å². The lowest BCUT2D eigenvalue weighted by Crippen LogP contribution is -1.98. The minimum atomic E-state index is 0.764. The monoisotopic (exact) mass is 215 g/mol. The molecule has 0 saturated heterocycles. The number of anilines is 1. The molecule has 0 aliphatic heterocycles. The number of hydrogen-bond donors (Lipinski definition) is 1. The SMILES string of the molecule is C=C(C)Nc1ncnc2cc(OC)ccc12. The molecule has 0 unspecified atom stereocenters. The first-order valence-electron chi connectivity index (χ1n) is 4.92. The second kappa shape index (κ2) is 4.18. The second-order valence-electron chi connectivity index (χ2n) is 3.51. The first kappa shape index (κ1) is 10.4. The highest BCUT2D eigenvalue weighted by atomic mass is 16.5. The number of allylic oxidation sites excluding steroid dienone is 1. The predicted octanol–water partition coefficient (Wildman–Crippen LogP) is 2.58. The van der Waals surface area contributed by atoms with Crippen molar-refractivity contribution in [1.82, 2.24) is 9.97 Å². The smallest absolute Gasteiger partial charge is 0.141 e. The van der Waals surface area contributed by atoms with Crippen LogP contribution >= 0.6 is 0 Å². The summed E-state index contributed by atoms with van der Waals surface area (Å²) in [6.45, 7) is 5.68. The Morgan fingerprint density at radius 3 is 2.88 bits per heavy atom. The van der Waals surface area contributed by atoms with Crippen molar-refractivity contribution >= 4 is 16.7 Å². The molecule has 0 saturated carbocycles. The molecule has 1 heterocycles. The third kappa shape index (κ3) is 1.95. The van der Waals surface area contributed by atoms with E-state index in [0.29, 0.717) is 0 Å². The van der Waals surface area contributed by atoms with E-state index in [1.54, 1.807) is 7.11 Å². The Morgan fingerprint density at radius 1 is 1.38 bits per heavy atom. The Hall–Kier alpha value is -2.10. The van der Waals surface area contributed by atoms with Gasteiger partial charge in [0.2, 0.25) is 0 Å². The first-order valence-corrected chi connectivity index (χ1v) is 4.92. The Labute approximate surface area is 94.0 Å². The summed E-state index contributed by atoms with van der Waals surface area (Å²) in [5.74, 6) is 1.55. The van der Waals surface area contributed by atoms with Gasteiger partial charge in [0.15, 0.2) is 0 Å². The molecule has 4 nitrogen and oxygen atoms in total. The number of nitrogens with zero attached hydrogens (tertiary/aromatic N) is 2.